The van der Waals surface area contributed by atoms with Crippen LogP contribution in [-0.2, 0) is 0 Å². The van der Waals surface area contributed by atoms with E-state index in [4.69, 9.17) is 23.2 Å². The lowest BCUT2D eigenvalue weighted by Crippen LogP contribution is -2.03. The van der Waals surface area contributed by atoms with Crippen LogP contribution in [0.2, 0.25) is 10.6 Å². The standard InChI is InChI=1S/C6H2BrCl2N5/c7-3-1-10-14(2-3)6-12-4(8)11-5(9)13-6/h1-2H. The summed E-state index contributed by atoms with van der Waals surface area (Å²) in [4.78, 5) is 11.3. The average molecular weight is 295 g/mol. The summed E-state index contributed by atoms with van der Waals surface area (Å²) in [7, 11) is 0. The Labute approximate surface area is 97.2 Å². The van der Waals surface area contributed by atoms with Gasteiger partial charge in [0.05, 0.1) is 10.7 Å². The van der Waals surface area contributed by atoms with Crippen LogP contribution in [0.3, 0.4) is 0 Å². The van der Waals surface area contributed by atoms with Crippen molar-refractivity contribution < 1.29 is 0 Å². The van der Waals surface area contributed by atoms with Crippen LogP contribution in [0.25, 0.3) is 5.95 Å². The second-order valence-electron chi connectivity index (χ2n) is 2.28. The molecule has 0 saturated heterocycles. The van der Waals surface area contributed by atoms with E-state index in [-0.39, 0.29) is 16.5 Å². The number of hydrogen-bond donors (Lipinski definition) is 0. The summed E-state index contributed by atoms with van der Waals surface area (Å²) < 4.78 is 2.24. The van der Waals surface area contributed by atoms with Crippen molar-refractivity contribution >= 4 is 39.1 Å². The zero-order chi connectivity index (χ0) is 10.1. The summed E-state index contributed by atoms with van der Waals surface area (Å²) in [5.74, 6) is 0.278. The topological polar surface area (TPSA) is 56.5 Å². The third-order valence-electron chi connectivity index (χ3n) is 1.33. The van der Waals surface area contributed by atoms with E-state index in [0.29, 0.717) is 0 Å². The lowest BCUT2D eigenvalue weighted by molar-refractivity contribution is 0.795. The molecule has 0 aliphatic heterocycles. The van der Waals surface area contributed by atoms with Crippen LogP contribution < -0.4 is 0 Å². The van der Waals surface area contributed by atoms with Gasteiger partial charge in [0.15, 0.2) is 0 Å². The Bertz CT molecular complexity index is 451. The van der Waals surface area contributed by atoms with E-state index < -0.39 is 0 Å². The van der Waals surface area contributed by atoms with Crippen LogP contribution in [-0.4, -0.2) is 24.7 Å². The third-order valence-corrected chi connectivity index (χ3v) is 2.07. The molecule has 0 N–H and O–H groups in total. The lowest BCUT2D eigenvalue weighted by Gasteiger charge is -1.98. The normalized spacial score (nSPS) is 10.5. The molecule has 0 aromatic carbocycles. The molecule has 0 aliphatic carbocycles. The second-order valence-corrected chi connectivity index (χ2v) is 3.87. The third kappa shape index (κ3) is 2.02. The van der Waals surface area contributed by atoms with Crippen LogP contribution in [0.4, 0.5) is 0 Å². The Morgan fingerprint density at radius 3 is 2.29 bits per heavy atom. The molecule has 0 radical (unpaired) electrons. The molecule has 72 valence electrons. The molecule has 2 heterocycles. The fourth-order valence-corrected chi connectivity index (χ4v) is 1.47. The molecule has 8 heteroatoms. The quantitative estimate of drug-likeness (QED) is 0.808. The van der Waals surface area contributed by atoms with Crippen molar-refractivity contribution in [1.82, 2.24) is 24.7 Å². The maximum absolute atomic E-state index is 5.61. The van der Waals surface area contributed by atoms with Crippen molar-refractivity contribution in [2.24, 2.45) is 0 Å². The molecular weight excluding hydrogens is 293 g/mol. The van der Waals surface area contributed by atoms with Gasteiger partial charge in [0.2, 0.25) is 10.6 Å². The van der Waals surface area contributed by atoms with E-state index in [1.807, 2.05) is 0 Å². The highest BCUT2D eigenvalue weighted by atomic mass is 79.9. The van der Waals surface area contributed by atoms with Crippen molar-refractivity contribution in [3.8, 4) is 5.95 Å². The van der Waals surface area contributed by atoms with Gasteiger partial charge >= 0.3 is 0 Å². The molecule has 2 rings (SSSR count). The molecule has 2 aromatic rings. The van der Waals surface area contributed by atoms with Crippen LogP contribution in [0.1, 0.15) is 0 Å². The summed E-state index contributed by atoms with van der Waals surface area (Å²) in [5.41, 5.74) is 0. The van der Waals surface area contributed by atoms with Crippen molar-refractivity contribution in [2.75, 3.05) is 0 Å². The SMILES string of the molecule is Clc1nc(Cl)nc(-n2cc(Br)cn2)n1. The minimum absolute atomic E-state index is 0.0339. The Kier molecular flexibility index (Phi) is 2.66. The van der Waals surface area contributed by atoms with Crippen molar-refractivity contribution in [3.05, 3.63) is 27.4 Å². The van der Waals surface area contributed by atoms with Gasteiger partial charge < -0.3 is 0 Å². The number of rotatable bonds is 1. The van der Waals surface area contributed by atoms with Gasteiger partial charge in [0.1, 0.15) is 0 Å². The molecule has 0 bridgehead atoms. The Hall–Kier alpha value is -0.720. The molecule has 0 aliphatic rings. The highest BCUT2D eigenvalue weighted by Gasteiger charge is 2.06. The van der Waals surface area contributed by atoms with Gasteiger partial charge in [-0.05, 0) is 39.1 Å². The van der Waals surface area contributed by atoms with E-state index in [2.05, 4.69) is 36.0 Å². The van der Waals surface area contributed by atoms with Crippen LogP contribution in [0, 0.1) is 0 Å². The van der Waals surface area contributed by atoms with Crippen LogP contribution >= 0.6 is 39.1 Å². The summed E-state index contributed by atoms with van der Waals surface area (Å²) in [6, 6.07) is 0. The molecule has 14 heavy (non-hydrogen) atoms. The molecular formula is C6H2BrCl2N5. The highest BCUT2D eigenvalue weighted by molar-refractivity contribution is 9.10. The first-order chi connectivity index (χ1) is 6.65. The van der Waals surface area contributed by atoms with E-state index in [1.54, 1.807) is 12.4 Å². The minimum Gasteiger partial charge on any atom is -0.205 e. The number of nitrogens with zero attached hydrogens (tertiary/aromatic N) is 5. The average Bonchev–Trinajstić information content (AvgIpc) is 2.50. The lowest BCUT2D eigenvalue weighted by atomic mass is 10.7. The molecule has 0 saturated carbocycles. The van der Waals surface area contributed by atoms with Crippen LogP contribution in [0.5, 0.6) is 0 Å². The first kappa shape index (κ1) is 9.82. The minimum atomic E-state index is 0.0339. The van der Waals surface area contributed by atoms with Gasteiger partial charge in [-0.25, -0.2) is 4.68 Å². The van der Waals surface area contributed by atoms with Crippen molar-refractivity contribution in [2.45, 2.75) is 0 Å². The van der Waals surface area contributed by atoms with E-state index in [0.717, 1.165) is 4.47 Å². The zero-order valence-corrected chi connectivity index (χ0v) is 9.62. The highest BCUT2D eigenvalue weighted by Crippen LogP contribution is 2.12. The van der Waals surface area contributed by atoms with Crippen molar-refractivity contribution in [1.29, 1.82) is 0 Å². The molecule has 0 spiro atoms. The smallest absolute Gasteiger partial charge is 0.205 e. The fraction of sp³-hybridized carbons (Fsp3) is 0. The Morgan fingerprint density at radius 2 is 1.79 bits per heavy atom. The Morgan fingerprint density at radius 1 is 1.14 bits per heavy atom. The fourth-order valence-electron chi connectivity index (χ4n) is 0.829. The van der Waals surface area contributed by atoms with E-state index >= 15 is 0 Å². The Balaban J connectivity index is 2.51. The zero-order valence-electron chi connectivity index (χ0n) is 6.52. The van der Waals surface area contributed by atoms with Gasteiger partial charge in [0, 0.05) is 6.20 Å². The maximum Gasteiger partial charge on any atom is 0.256 e. The van der Waals surface area contributed by atoms with Gasteiger partial charge in [-0.2, -0.15) is 20.1 Å². The van der Waals surface area contributed by atoms with Gasteiger partial charge in [-0.3, -0.25) is 0 Å². The second kappa shape index (κ2) is 3.80. The van der Waals surface area contributed by atoms with Gasteiger partial charge in [0.25, 0.3) is 5.95 Å². The molecule has 0 atom stereocenters. The monoisotopic (exact) mass is 293 g/mol. The van der Waals surface area contributed by atoms with Gasteiger partial charge in [-0.15, -0.1) is 0 Å². The number of halogens is 3. The van der Waals surface area contributed by atoms with Crippen molar-refractivity contribution in [3.63, 3.8) is 0 Å². The summed E-state index contributed by atoms with van der Waals surface area (Å²) in [6.45, 7) is 0. The summed E-state index contributed by atoms with van der Waals surface area (Å²) in [6.07, 6.45) is 3.29. The molecule has 0 unspecified atom stereocenters. The maximum atomic E-state index is 5.61. The summed E-state index contributed by atoms with van der Waals surface area (Å²) in [5, 5.41) is 4.04. The first-order valence-electron chi connectivity index (χ1n) is 3.43. The van der Waals surface area contributed by atoms with E-state index in [1.165, 1.54) is 4.68 Å². The molecule has 5 nitrogen and oxygen atoms in total. The largest absolute Gasteiger partial charge is 0.256 e. The first-order valence-corrected chi connectivity index (χ1v) is 4.97. The number of hydrogen-bond acceptors (Lipinski definition) is 4. The van der Waals surface area contributed by atoms with Crippen LogP contribution in [0.15, 0.2) is 16.9 Å². The molecule has 2 aromatic heterocycles. The van der Waals surface area contributed by atoms with E-state index in [9.17, 15) is 0 Å². The summed E-state index contributed by atoms with van der Waals surface area (Å²) >= 11 is 14.5. The molecule has 0 amide bonds. The predicted octanol–water partition coefficient (Wildman–Crippen LogP) is 2.13. The molecule has 0 fully saturated rings. The van der Waals surface area contributed by atoms with Gasteiger partial charge in [-0.1, -0.05) is 0 Å². The number of aromatic nitrogens is 5. The predicted molar refractivity (Wildman–Crippen MR) is 54.7 cm³/mol.